The van der Waals surface area contributed by atoms with Gasteiger partial charge in [-0.1, -0.05) is 0 Å². The average molecular weight is 425 g/mol. The summed E-state index contributed by atoms with van der Waals surface area (Å²) in [5, 5.41) is 16.7. The van der Waals surface area contributed by atoms with Gasteiger partial charge in [-0.25, -0.2) is 0 Å². The normalized spacial score (nSPS) is 38.5. The van der Waals surface area contributed by atoms with Gasteiger partial charge in [0.15, 0.2) is 5.69 Å². The molecule has 0 aromatic carbocycles. The van der Waals surface area contributed by atoms with Crippen molar-refractivity contribution in [1.29, 1.82) is 0 Å². The van der Waals surface area contributed by atoms with Crippen molar-refractivity contribution in [2.75, 3.05) is 0 Å². The van der Waals surface area contributed by atoms with Gasteiger partial charge >= 0.3 is 6.18 Å². The first kappa shape index (κ1) is 20.3. The molecule has 1 amide bonds. The van der Waals surface area contributed by atoms with E-state index < -0.39 is 29.9 Å². The summed E-state index contributed by atoms with van der Waals surface area (Å²) < 4.78 is 42.9. The molecule has 8 heteroatoms. The third-order valence-electron chi connectivity index (χ3n) is 8.19. The van der Waals surface area contributed by atoms with E-state index in [0.717, 1.165) is 42.0 Å². The summed E-state index contributed by atoms with van der Waals surface area (Å²) >= 11 is 0. The van der Waals surface area contributed by atoms with Crippen LogP contribution >= 0.6 is 0 Å². The Hall–Kier alpha value is -1.57. The molecule has 5 atom stereocenters. The van der Waals surface area contributed by atoms with Crippen LogP contribution in [0.4, 0.5) is 13.2 Å². The Bertz CT molecular complexity index is 800. The van der Waals surface area contributed by atoms with Crippen LogP contribution in [0.15, 0.2) is 6.20 Å². The molecular weight excluding hydrogens is 395 g/mol. The number of alkyl halides is 3. The first-order valence-electron chi connectivity index (χ1n) is 11.4. The zero-order chi connectivity index (χ0) is 21.0. The number of amides is 1. The molecule has 2 N–H and O–H groups in total. The molecule has 3 bridgehead atoms. The second kappa shape index (κ2) is 7.53. The number of carbonyl (C=O) groups is 1. The minimum atomic E-state index is -4.65. The van der Waals surface area contributed by atoms with Gasteiger partial charge in [0.1, 0.15) is 0 Å². The Morgan fingerprint density at radius 1 is 1.03 bits per heavy atom. The smallest absolute Gasteiger partial charge is 0.393 e. The Morgan fingerprint density at radius 3 is 2.50 bits per heavy atom. The summed E-state index contributed by atoms with van der Waals surface area (Å²) in [5.41, 5.74) is -1.31. The second-order valence-corrected chi connectivity index (χ2v) is 10.1. The molecule has 1 aromatic heterocycles. The highest BCUT2D eigenvalue weighted by Gasteiger charge is 2.47. The van der Waals surface area contributed by atoms with E-state index >= 15 is 0 Å². The van der Waals surface area contributed by atoms with Gasteiger partial charge in [-0.3, -0.25) is 9.48 Å². The van der Waals surface area contributed by atoms with Gasteiger partial charge in [0, 0.05) is 6.04 Å². The van der Waals surface area contributed by atoms with Crippen LogP contribution < -0.4 is 5.32 Å². The van der Waals surface area contributed by atoms with Crippen LogP contribution in [-0.2, 0) is 6.18 Å². The van der Waals surface area contributed by atoms with Crippen LogP contribution in [0.25, 0.3) is 0 Å². The molecule has 0 spiro atoms. The van der Waals surface area contributed by atoms with Gasteiger partial charge in [0.2, 0.25) is 0 Å². The van der Waals surface area contributed by atoms with Crippen LogP contribution in [0.5, 0.6) is 0 Å². The molecule has 4 aliphatic rings. The maximum absolute atomic E-state index is 14.0. The largest absolute Gasteiger partial charge is 0.433 e. The summed E-state index contributed by atoms with van der Waals surface area (Å²) in [5.74, 6) is 1.82. The fourth-order valence-corrected chi connectivity index (χ4v) is 6.91. The van der Waals surface area contributed by atoms with Crippen LogP contribution in [0.2, 0.25) is 0 Å². The monoisotopic (exact) mass is 425 g/mol. The molecule has 5 nitrogen and oxygen atoms in total. The molecular formula is C22H30F3N3O2. The number of fused-ring (bicyclic) bond motifs is 2. The van der Waals surface area contributed by atoms with Crippen molar-refractivity contribution in [2.45, 2.75) is 88.6 Å². The molecule has 4 fully saturated rings. The zero-order valence-electron chi connectivity index (χ0n) is 17.1. The first-order chi connectivity index (χ1) is 14.3. The van der Waals surface area contributed by atoms with Crippen LogP contribution in [-0.4, -0.2) is 32.9 Å². The van der Waals surface area contributed by atoms with E-state index in [1.165, 1.54) is 19.3 Å². The minimum Gasteiger partial charge on any atom is -0.393 e. The molecule has 30 heavy (non-hydrogen) atoms. The fourth-order valence-electron chi connectivity index (χ4n) is 6.91. The standard InChI is InChI=1S/C22H30F3N3O2/c23-22(24,25)20-18(11-26-28(20)15-2-4-16(29)5-3-15)21(30)27-19-6-1-12-7-13-9-14(8-12)17(19)10-13/h11-17,19,29H,1-10H2,(H,27,30)/t12?,13?,14?,15?,16?,17?,19-/m0/s1. The van der Waals surface area contributed by atoms with E-state index in [2.05, 4.69) is 10.4 Å². The van der Waals surface area contributed by atoms with E-state index in [4.69, 9.17) is 0 Å². The van der Waals surface area contributed by atoms with Crippen molar-refractivity contribution in [3.05, 3.63) is 17.5 Å². The maximum Gasteiger partial charge on any atom is 0.433 e. The fraction of sp³-hybridized carbons (Fsp3) is 0.818. The number of halogens is 3. The number of rotatable bonds is 3. The molecule has 4 saturated carbocycles. The summed E-state index contributed by atoms with van der Waals surface area (Å²) in [6, 6.07) is -0.470. The van der Waals surface area contributed by atoms with Crippen molar-refractivity contribution in [3.8, 4) is 0 Å². The third-order valence-corrected chi connectivity index (χ3v) is 8.19. The van der Waals surface area contributed by atoms with Crippen molar-refractivity contribution >= 4 is 5.91 Å². The molecule has 166 valence electrons. The molecule has 0 saturated heterocycles. The van der Waals surface area contributed by atoms with Crippen molar-refractivity contribution in [2.24, 2.45) is 23.7 Å². The topological polar surface area (TPSA) is 67.2 Å². The Labute approximate surface area is 174 Å². The summed E-state index contributed by atoms with van der Waals surface area (Å²) in [6.07, 6.45) is 4.48. The SMILES string of the molecule is O=C(N[C@H]1CCC2CC3CC(C2)C1C3)c1cnn(C2CCC(O)CC2)c1C(F)(F)F. The molecule has 5 rings (SSSR count). The lowest BCUT2D eigenvalue weighted by Crippen LogP contribution is -2.41. The summed E-state index contributed by atoms with van der Waals surface area (Å²) in [4.78, 5) is 13.0. The van der Waals surface area contributed by atoms with E-state index in [9.17, 15) is 23.1 Å². The lowest BCUT2D eigenvalue weighted by molar-refractivity contribution is -0.145. The van der Waals surface area contributed by atoms with E-state index in [1.54, 1.807) is 0 Å². The number of aliphatic hydroxyl groups is 1. The highest BCUT2D eigenvalue weighted by atomic mass is 19.4. The first-order valence-corrected chi connectivity index (χ1v) is 11.4. The maximum atomic E-state index is 14.0. The molecule has 4 aliphatic carbocycles. The quantitative estimate of drug-likeness (QED) is 0.758. The Balaban J connectivity index is 1.38. The predicted molar refractivity (Wildman–Crippen MR) is 104 cm³/mol. The van der Waals surface area contributed by atoms with Gasteiger partial charge in [0.25, 0.3) is 5.91 Å². The Morgan fingerprint density at radius 2 is 1.77 bits per heavy atom. The number of aromatic nitrogens is 2. The highest BCUT2D eigenvalue weighted by Crippen LogP contribution is 2.53. The van der Waals surface area contributed by atoms with Gasteiger partial charge in [0.05, 0.1) is 23.9 Å². The second-order valence-electron chi connectivity index (χ2n) is 10.1. The number of hydrogen-bond donors (Lipinski definition) is 2. The average Bonchev–Trinajstić information content (AvgIpc) is 3.23. The lowest BCUT2D eigenvalue weighted by atomic mass is 9.80. The predicted octanol–water partition coefficient (Wildman–Crippen LogP) is 4.32. The third kappa shape index (κ3) is 3.65. The van der Waals surface area contributed by atoms with Gasteiger partial charge in [-0.2, -0.15) is 18.3 Å². The van der Waals surface area contributed by atoms with Crippen molar-refractivity contribution in [1.82, 2.24) is 15.1 Å². The van der Waals surface area contributed by atoms with E-state index in [1.807, 2.05) is 0 Å². The number of hydrogen-bond acceptors (Lipinski definition) is 3. The molecule has 0 radical (unpaired) electrons. The molecule has 1 aromatic rings. The Kier molecular flexibility index (Phi) is 5.11. The minimum absolute atomic E-state index is 0.0351. The lowest BCUT2D eigenvalue weighted by Gasteiger charge is -2.28. The van der Waals surface area contributed by atoms with Crippen molar-refractivity contribution < 1.29 is 23.1 Å². The number of aliphatic hydroxyl groups excluding tert-OH is 1. The van der Waals surface area contributed by atoms with Gasteiger partial charge < -0.3 is 10.4 Å². The zero-order valence-corrected chi connectivity index (χ0v) is 17.1. The molecule has 1 heterocycles. The molecule has 4 unspecified atom stereocenters. The molecule has 0 aliphatic heterocycles. The van der Waals surface area contributed by atoms with E-state index in [-0.39, 0.29) is 11.6 Å². The highest BCUT2D eigenvalue weighted by molar-refractivity contribution is 5.95. The van der Waals surface area contributed by atoms with Crippen molar-refractivity contribution in [3.63, 3.8) is 0 Å². The summed E-state index contributed by atoms with van der Waals surface area (Å²) in [6.45, 7) is 0. The number of nitrogens with one attached hydrogen (secondary N) is 1. The van der Waals surface area contributed by atoms with Gasteiger partial charge in [-0.05, 0) is 87.9 Å². The van der Waals surface area contributed by atoms with Gasteiger partial charge in [-0.15, -0.1) is 0 Å². The van der Waals surface area contributed by atoms with Crippen LogP contribution in [0.1, 0.15) is 86.3 Å². The van der Waals surface area contributed by atoms with Crippen LogP contribution in [0.3, 0.4) is 0 Å². The number of nitrogens with zero attached hydrogens (tertiary/aromatic N) is 2. The number of carbonyl (C=O) groups excluding carboxylic acids is 1. The van der Waals surface area contributed by atoms with Crippen LogP contribution in [0, 0.1) is 23.7 Å². The van der Waals surface area contributed by atoms with E-state index in [0.29, 0.717) is 37.5 Å². The summed E-state index contributed by atoms with van der Waals surface area (Å²) in [7, 11) is 0.